The third-order valence-corrected chi connectivity index (χ3v) is 6.06. The van der Waals surface area contributed by atoms with Crippen molar-refractivity contribution in [3.63, 3.8) is 0 Å². The molecule has 1 N–H and O–H groups in total. The smallest absolute Gasteiger partial charge is 0.255 e. The molecule has 1 aliphatic heterocycles. The quantitative estimate of drug-likeness (QED) is 0.569. The maximum Gasteiger partial charge on any atom is 0.255 e. The second-order valence-corrected chi connectivity index (χ2v) is 8.10. The Labute approximate surface area is 175 Å². The molecule has 30 heavy (non-hydrogen) atoms. The largest absolute Gasteiger partial charge is 0.369 e. The highest BCUT2D eigenvalue weighted by molar-refractivity contribution is 6.07. The van der Waals surface area contributed by atoms with Gasteiger partial charge >= 0.3 is 0 Å². The van der Waals surface area contributed by atoms with Crippen LogP contribution in [0.4, 0.5) is 5.69 Å². The Morgan fingerprint density at radius 1 is 1.23 bits per heavy atom. The number of nitrogens with one attached hydrogen (secondary N) is 1. The van der Waals surface area contributed by atoms with Crippen LogP contribution in [0, 0.1) is 0 Å². The van der Waals surface area contributed by atoms with Crippen LogP contribution in [0.3, 0.4) is 0 Å². The van der Waals surface area contributed by atoms with Gasteiger partial charge in [0.1, 0.15) is 5.65 Å². The van der Waals surface area contributed by atoms with Gasteiger partial charge < -0.3 is 15.1 Å². The molecule has 4 aromatic rings. The van der Waals surface area contributed by atoms with Crippen LogP contribution in [0.15, 0.2) is 42.6 Å². The number of likely N-dealkylation sites (N-methyl/N-ethyl adjacent to an activating group) is 1. The van der Waals surface area contributed by atoms with Crippen LogP contribution in [-0.4, -0.2) is 64.9 Å². The molecule has 7 nitrogen and oxygen atoms in total. The second-order valence-electron chi connectivity index (χ2n) is 8.10. The Bertz CT molecular complexity index is 1260. The normalized spacial score (nSPS) is 16.9. The number of amides is 1. The van der Waals surface area contributed by atoms with E-state index in [0.29, 0.717) is 23.8 Å². The van der Waals surface area contributed by atoms with Crippen molar-refractivity contribution in [1.29, 1.82) is 0 Å². The first-order valence-corrected chi connectivity index (χ1v) is 10.5. The number of hydrogen-bond donors (Lipinski definition) is 1. The average Bonchev–Trinajstić information content (AvgIpc) is 3.38. The van der Waals surface area contributed by atoms with E-state index in [9.17, 15) is 4.79 Å². The molecular formula is C23H26N6O. The predicted molar refractivity (Wildman–Crippen MR) is 120 cm³/mol. The molecule has 1 amide bonds. The molecule has 4 heterocycles. The molecule has 3 aromatic heterocycles. The van der Waals surface area contributed by atoms with Crippen molar-refractivity contribution in [2.24, 2.45) is 0 Å². The number of aromatic nitrogens is 3. The molecule has 0 aliphatic carbocycles. The summed E-state index contributed by atoms with van der Waals surface area (Å²) < 4.78 is 2.03. The Morgan fingerprint density at radius 3 is 2.83 bits per heavy atom. The first kappa shape index (κ1) is 18.8. The van der Waals surface area contributed by atoms with Crippen molar-refractivity contribution in [3.8, 4) is 0 Å². The molecule has 0 unspecified atom stereocenters. The van der Waals surface area contributed by atoms with Gasteiger partial charge in [0.25, 0.3) is 5.91 Å². The molecule has 5 rings (SSSR count). The van der Waals surface area contributed by atoms with E-state index in [1.54, 1.807) is 0 Å². The molecule has 0 saturated carbocycles. The van der Waals surface area contributed by atoms with Crippen LogP contribution >= 0.6 is 0 Å². The summed E-state index contributed by atoms with van der Waals surface area (Å²) in [5.74, 6) is -0.109. The number of nitrogens with zero attached hydrogens (tertiary/aromatic N) is 5. The third kappa shape index (κ3) is 2.89. The van der Waals surface area contributed by atoms with Crippen LogP contribution in [0.5, 0.6) is 0 Å². The molecule has 0 spiro atoms. The molecule has 7 heteroatoms. The molecule has 0 radical (unpaired) electrons. The van der Waals surface area contributed by atoms with E-state index in [1.807, 2.05) is 47.9 Å². The van der Waals surface area contributed by atoms with E-state index < -0.39 is 0 Å². The molecule has 1 aromatic carbocycles. The van der Waals surface area contributed by atoms with Crippen molar-refractivity contribution in [2.45, 2.75) is 19.4 Å². The van der Waals surface area contributed by atoms with Crippen molar-refractivity contribution in [3.05, 3.63) is 48.2 Å². The zero-order valence-electron chi connectivity index (χ0n) is 17.6. The Kier molecular flexibility index (Phi) is 4.55. The van der Waals surface area contributed by atoms with E-state index >= 15 is 0 Å². The number of para-hydroxylation sites is 2. The van der Waals surface area contributed by atoms with Crippen LogP contribution in [-0.2, 0) is 0 Å². The number of hydrogen-bond acceptors (Lipinski definition) is 5. The summed E-state index contributed by atoms with van der Waals surface area (Å²) in [5.41, 5.74) is 5.00. The number of rotatable bonds is 4. The van der Waals surface area contributed by atoms with E-state index in [2.05, 4.69) is 35.3 Å². The number of benzene rings is 1. The zero-order chi connectivity index (χ0) is 20.8. The minimum absolute atomic E-state index is 0.109. The third-order valence-electron chi connectivity index (χ3n) is 6.06. The van der Waals surface area contributed by atoms with Gasteiger partial charge in [-0.25, -0.2) is 9.97 Å². The minimum Gasteiger partial charge on any atom is -0.369 e. The SMILES string of the molecule is CCNC(=O)c1cc2c(N3CC[C@@H](N(C)C)C3)ccnc2n2c1nc1ccccc12. The summed E-state index contributed by atoms with van der Waals surface area (Å²) in [6, 6.07) is 12.5. The van der Waals surface area contributed by atoms with Gasteiger partial charge in [0.2, 0.25) is 0 Å². The number of carbonyl (C=O) groups excluding carboxylic acids is 1. The summed E-state index contributed by atoms with van der Waals surface area (Å²) in [4.78, 5) is 27.1. The van der Waals surface area contributed by atoms with Crippen molar-refractivity contribution in [1.82, 2.24) is 24.6 Å². The first-order chi connectivity index (χ1) is 14.6. The Balaban J connectivity index is 1.79. The first-order valence-electron chi connectivity index (χ1n) is 10.5. The van der Waals surface area contributed by atoms with Gasteiger partial charge in [-0.05, 0) is 51.7 Å². The molecule has 154 valence electrons. The van der Waals surface area contributed by atoms with Gasteiger partial charge in [-0.3, -0.25) is 9.20 Å². The molecule has 1 atom stereocenters. The minimum atomic E-state index is -0.109. The second kappa shape index (κ2) is 7.25. The van der Waals surface area contributed by atoms with Crippen LogP contribution in [0.1, 0.15) is 23.7 Å². The highest BCUT2D eigenvalue weighted by Gasteiger charge is 2.27. The Morgan fingerprint density at radius 2 is 2.07 bits per heavy atom. The lowest BCUT2D eigenvalue weighted by atomic mass is 10.1. The van der Waals surface area contributed by atoms with E-state index in [0.717, 1.165) is 47.3 Å². The number of pyridine rings is 2. The summed E-state index contributed by atoms with van der Waals surface area (Å²) in [7, 11) is 4.26. The standard InChI is InChI=1S/C23H26N6O/c1-4-24-23(30)17-13-16-19(28-12-10-15(14-28)27(2)3)9-11-25-21(16)29-20-8-6-5-7-18(20)26-22(17)29/h5-9,11,13,15H,4,10,12,14H2,1-3H3,(H,24,30)/t15-/m1/s1. The molecule has 1 aliphatic rings. The fourth-order valence-electron chi connectivity index (χ4n) is 4.48. The number of fused-ring (bicyclic) bond motifs is 5. The highest BCUT2D eigenvalue weighted by Crippen LogP contribution is 2.33. The van der Waals surface area contributed by atoms with Gasteiger partial charge in [0.05, 0.1) is 16.6 Å². The van der Waals surface area contributed by atoms with Crippen LogP contribution in [0.2, 0.25) is 0 Å². The lowest BCUT2D eigenvalue weighted by molar-refractivity contribution is 0.0957. The molecule has 0 bridgehead atoms. The van der Waals surface area contributed by atoms with Crippen molar-refractivity contribution in [2.75, 3.05) is 38.6 Å². The number of anilines is 1. The molecular weight excluding hydrogens is 376 g/mol. The average molecular weight is 403 g/mol. The highest BCUT2D eigenvalue weighted by atomic mass is 16.1. The fourth-order valence-corrected chi connectivity index (χ4v) is 4.48. The monoisotopic (exact) mass is 402 g/mol. The fraction of sp³-hybridized carbons (Fsp3) is 0.348. The van der Waals surface area contributed by atoms with Crippen molar-refractivity contribution < 1.29 is 4.79 Å². The summed E-state index contributed by atoms with van der Waals surface area (Å²) in [6.45, 7) is 4.45. The lowest BCUT2D eigenvalue weighted by Crippen LogP contribution is -2.31. The van der Waals surface area contributed by atoms with Crippen LogP contribution < -0.4 is 10.2 Å². The Hall–Kier alpha value is -3.19. The predicted octanol–water partition coefficient (Wildman–Crippen LogP) is 2.93. The van der Waals surface area contributed by atoms with Gasteiger partial charge in [-0.15, -0.1) is 0 Å². The zero-order valence-corrected chi connectivity index (χ0v) is 17.6. The summed E-state index contributed by atoms with van der Waals surface area (Å²) in [6.07, 6.45) is 2.98. The van der Waals surface area contributed by atoms with E-state index in [4.69, 9.17) is 9.97 Å². The lowest BCUT2D eigenvalue weighted by Gasteiger charge is -2.23. The maximum absolute atomic E-state index is 12.9. The van der Waals surface area contributed by atoms with E-state index in [1.165, 1.54) is 0 Å². The van der Waals surface area contributed by atoms with Gasteiger partial charge in [0.15, 0.2) is 5.65 Å². The van der Waals surface area contributed by atoms with Gasteiger partial charge in [-0.2, -0.15) is 0 Å². The van der Waals surface area contributed by atoms with Crippen LogP contribution in [0.25, 0.3) is 27.7 Å². The number of imidazole rings is 1. The van der Waals surface area contributed by atoms with Gasteiger partial charge in [-0.1, -0.05) is 12.1 Å². The summed E-state index contributed by atoms with van der Waals surface area (Å²) in [5, 5.41) is 3.92. The molecule has 1 saturated heterocycles. The van der Waals surface area contributed by atoms with E-state index in [-0.39, 0.29) is 5.91 Å². The molecule has 1 fully saturated rings. The summed E-state index contributed by atoms with van der Waals surface area (Å²) >= 11 is 0. The maximum atomic E-state index is 12.9. The topological polar surface area (TPSA) is 65.8 Å². The van der Waals surface area contributed by atoms with Crippen molar-refractivity contribution >= 4 is 39.3 Å². The van der Waals surface area contributed by atoms with Gasteiger partial charge in [0, 0.05) is 42.9 Å². The number of carbonyl (C=O) groups is 1.